The molecule has 2 rings (SSSR count). The molecule has 1 aliphatic rings. The number of benzene rings is 1. The third kappa shape index (κ3) is 2.03. The third-order valence-electron chi connectivity index (χ3n) is 3.13. The lowest BCUT2D eigenvalue weighted by molar-refractivity contribution is -0.138. The van der Waals surface area contributed by atoms with Gasteiger partial charge in [0, 0.05) is 5.69 Å². The predicted molar refractivity (Wildman–Crippen MR) is 63.9 cm³/mol. The van der Waals surface area contributed by atoms with Crippen molar-refractivity contribution in [1.82, 2.24) is 0 Å². The van der Waals surface area contributed by atoms with E-state index < -0.39 is 12.0 Å². The van der Waals surface area contributed by atoms with Crippen molar-refractivity contribution >= 4 is 11.7 Å². The normalized spacial score (nSPS) is 19.1. The molecule has 2 N–H and O–H groups in total. The van der Waals surface area contributed by atoms with Crippen LogP contribution in [0.4, 0.5) is 5.69 Å². The average Bonchev–Trinajstić information content (AvgIpc) is 2.27. The molecule has 1 aromatic rings. The van der Waals surface area contributed by atoms with Gasteiger partial charge >= 0.3 is 5.97 Å². The summed E-state index contributed by atoms with van der Waals surface area (Å²) in [6, 6.07) is 5.82. The van der Waals surface area contributed by atoms with Crippen molar-refractivity contribution in [3.05, 3.63) is 29.3 Å². The fourth-order valence-electron chi connectivity index (χ4n) is 2.07. The fourth-order valence-corrected chi connectivity index (χ4v) is 2.07. The van der Waals surface area contributed by atoms with Gasteiger partial charge in [-0.3, -0.25) is 0 Å². The van der Waals surface area contributed by atoms with E-state index >= 15 is 0 Å². The summed E-state index contributed by atoms with van der Waals surface area (Å²) in [5.41, 5.74) is 3.53. The van der Waals surface area contributed by atoms with Crippen LogP contribution in [0.25, 0.3) is 0 Å². The molecule has 0 radical (unpaired) electrons. The van der Waals surface area contributed by atoms with Gasteiger partial charge < -0.3 is 10.4 Å². The lowest BCUT2D eigenvalue weighted by Crippen LogP contribution is -2.33. The first-order valence-corrected chi connectivity index (χ1v) is 5.70. The average molecular weight is 219 g/mol. The van der Waals surface area contributed by atoms with Gasteiger partial charge in [-0.05, 0) is 36.0 Å². The first-order valence-electron chi connectivity index (χ1n) is 5.70. The van der Waals surface area contributed by atoms with E-state index in [2.05, 4.69) is 31.3 Å². The van der Waals surface area contributed by atoms with Crippen LogP contribution in [0.5, 0.6) is 0 Å². The number of hydrogen-bond acceptors (Lipinski definition) is 2. The van der Waals surface area contributed by atoms with Crippen molar-refractivity contribution in [3.63, 3.8) is 0 Å². The second-order valence-electron chi connectivity index (χ2n) is 4.65. The zero-order valence-corrected chi connectivity index (χ0v) is 9.66. The molecule has 86 valence electrons. The number of carbonyl (C=O) groups is 1. The van der Waals surface area contributed by atoms with E-state index in [1.165, 1.54) is 11.1 Å². The SMILES string of the molecule is CC(C)c1ccc2c(c1)CCC(C(=O)O)N2. The summed E-state index contributed by atoms with van der Waals surface area (Å²) < 4.78 is 0. The minimum Gasteiger partial charge on any atom is -0.480 e. The molecule has 0 fully saturated rings. The van der Waals surface area contributed by atoms with Crippen LogP contribution in [-0.4, -0.2) is 17.1 Å². The Hall–Kier alpha value is -1.51. The highest BCUT2D eigenvalue weighted by molar-refractivity contribution is 5.78. The van der Waals surface area contributed by atoms with Gasteiger partial charge in [0.05, 0.1) is 0 Å². The first kappa shape index (κ1) is 11.0. The summed E-state index contributed by atoms with van der Waals surface area (Å²) in [5, 5.41) is 12.0. The molecule has 0 spiro atoms. The summed E-state index contributed by atoms with van der Waals surface area (Å²) in [5.74, 6) is -0.249. The summed E-state index contributed by atoms with van der Waals surface area (Å²) in [7, 11) is 0. The number of aliphatic carboxylic acids is 1. The number of carboxylic acid groups (broad SMARTS) is 1. The molecular formula is C13H17NO2. The van der Waals surface area contributed by atoms with E-state index in [9.17, 15) is 4.79 Å². The maximum absolute atomic E-state index is 10.9. The number of hydrogen-bond donors (Lipinski definition) is 2. The lowest BCUT2D eigenvalue weighted by atomic mass is 9.93. The van der Waals surface area contributed by atoms with Gasteiger partial charge in [-0.1, -0.05) is 26.0 Å². The Kier molecular flexibility index (Phi) is 2.86. The standard InChI is InChI=1S/C13H17NO2/c1-8(2)9-3-5-11-10(7-9)4-6-12(14-11)13(15)16/h3,5,7-8,12,14H,4,6H2,1-2H3,(H,15,16). The minimum absolute atomic E-state index is 0.433. The Bertz CT molecular complexity index is 412. The number of anilines is 1. The molecule has 0 saturated carbocycles. The van der Waals surface area contributed by atoms with Gasteiger partial charge in [0.25, 0.3) is 0 Å². The summed E-state index contributed by atoms with van der Waals surface area (Å²) in [6.45, 7) is 4.33. The van der Waals surface area contributed by atoms with Crippen LogP contribution in [0.2, 0.25) is 0 Å². The largest absolute Gasteiger partial charge is 0.480 e. The monoisotopic (exact) mass is 219 g/mol. The van der Waals surface area contributed by atoms with E-state index in [1.54, 1.807) is 0 Å². The van der Waals surface area contributed by atoms with Gasteiger partial charge in [0.1, 0.15) is 6.04 Å². The molecule has 0 amide bonds. The van der Waals surface area contributed by atoms with Gasteiger partial charge in [-0.25, -0.2) is 4.79 Å². The third-order valence-corrected chi connectivity index (χ3v) is 3.13. The Labute approximate surface area is 95.5 Å². The van der Waals surface area contributed by atoms with Gasteiger partial charge in [-0.15, -0.1) is 0 Å². The Morgan fingerprint density at radius 2 is 2.25 bits per heavy atom. The Morgan fingerprint density at radius 1 is 1.50 bits per heavy atom. The minimum atomic E-state index is -0.765. The summed E-state index contributed by atoms with van der Waals surface area (Å²) in [6.07, 6.45) is 1.52. The van der Waals surface area contributed by atoms with Crippen LogP contribution in [0.3, 0.4) is 0 Å². The smallest absolute Gasteiger partial charge is 0.326 e. The van der Waals surface area contributed by atoms with E-state index in [4.69, 9.17) is 5.11 Å². The van der Waals surface area contributed by atoms with E-state index in [1.807, 2.05) is 6.07 Å². The lowest BCUT2D eigenvalue weighted by Gasteiger charge is -2.25. The van der Waals surface area contributed by atoms with Crippen molar-refractivity contribution in [2.75, 3.05) is 5.32 Å². The summed E-state index contributed by atoms with van der Waals surface area (Å²) >= 11 is 0. The van der Waals surface area contributed by atoms with E-state index in [0.717, 1.165) is 12.1 Å². The van der Waals surface area contributed by atoms with Crippen LogP contribution in [0.1, 0.15) is 37.3 Å². The molecule has 1 atom stereocenters. The van der Waals surface area contributed by atoms with Crippen LogP contribution in [0, 0.1) is 0 Å². The molecule has 0 saturated heterocycles. The van der Waals surface area contributed by atoms with E-state index in [-0.39, 0.29) is 0 Å². The zero-order chi connectivity index (χ0) is 11.7. The Morgan fingerprint density at radius 3 is 2.88 bits per heavy atom. The van der Waals surface area contributed by atoms with Crippen LogP contribution in [0.15, 0.2) is 18.2 Å². The molecular weight excluding hydrogens is 202 g/mol. The van der Waals surface area contributed by atoms with Crippen molar-refractivity contribution in [3.8, 4) is 0 Å². The molecule has 0 aromatic heterocycles. The number of aryl methyl sites for hydroxylation is 1. The number of fused-ring (bicyclic) bond motifs is 1. The molecule has 1 aromatic carbocycles. The topological polar surface area (TPSA) is 49.3 Å². The molecule has 1 heterocycles. The van der Waals surface area contributed by atoms with Crippen LogP contribution >= 0.6 is 0 Å². The zero-order valence-electron chi connectivity index (χ0n) is 9.66. The van der Waals surface area contributed by atoms with Crippen LogP contribution in [-0.2, 0) is 11.2 Å². The maximum atomic E-state index is 10.9. The molecule has 3 heteroatoms. The van der Waals surface area contributed by atoms with Crippen LogP contribution < -0.4 is 5.32 Å². The maximum Gasteiger partial charge on any atom is 0.326 e. The van der Waals surface area contributed by atoms with Gasteiger partial charge in [-0.2, -0.15) is 0 Å². The first-order chi connectivity index (χ1) is 7.58. The second kappa shape index (κ2) is 4.16. The predicted octanol–water partition coefficient (Wildman–Crippen LogP) is 2.62. The van der Waals surface area contributed by atoms with E-state index in [0.29, 0.717) is 12.3 Å². The van der Waals surface area contributed by atoms with Gasteiger partial charge in [0.15, 0.2) is 0 Å². The molecule has 1 aliphatic heterocycles. The number of rotatable bonds is 2. The van der Waals surface area contributed by atoms with Crippen molar-refractivity contribution in [1.29, 1.82) is 0 Å². The molecule has 3 nitrogen and oxygen atoms in total. The fraction of sp³-hybridized carbons (Fsp3) is 0.462. The highest BCUT2D eigenvalue weighted by Gasteiger charge is 2.23. The van der Waals surface area contributed by atoms with Crippen molar-refractivity contribution < 1.29 is 9.90 Å². The molecule has 0 bridgehead atoms. The molecule has 1 unspecified atom stereocenters. The number of carboxylic acids is 1. The second-order valence-corrected chi connectivity index (χ2v) is 4.65. The van der Waals surface area contributed by atoms with Crippen molar-refractivity contribution in [2.24, 2.45) is 0 Å². The van der Waals surface area contributed by atoms with Crippen molar-refractivity contribution in [2.45, 2.75) is 38.6 Å². The Balaban J connectivity index is 2.25. The highest BCUT2D eigenvalue weighted by atomic mass is 16.4. The molecule has 0 aliphatic carbocycles. The molecule has 16 heavy (non-hydrogen) atoms. The summed E-state index contributed by atoms with van der Waals surface area (Å²) in [4.78, 5) is 10.9. The highest BCUT2D eigenvalue weighted by Crippen LogP contribution is 2.28. The quantitative estimate of drug-likeness (QED) is 0.803. The van der Waals surface area contributed by atoms with Gasteiger partial charge in [0.2, 0.25) is 0 Å². The number of nitrogens with one attached hydrogen (secondary N) is 1.